The van der Waals surface area contributed by atoms with Gasteiger partial charge in [0.15, 0.2) is 6.33 Å². The Bertz CT molecular complexity index is 206. The van der Waals surface area contributed by atoms with Crippen molar-refractivity contribution in [2.24, 2.45) is 0 Å². The van der Waals surface area contributed by atoms with E-state index in [1.165, 1.54) is 6.33 Å². The molecule has 0 bridgehead atoms. The minimum absolute atomic E-state index is 0.0752. The third kappa shape index (κ3) is 1.38. The van der Waals surface area contributed by atoms with Crippen molar-refractivity contribution in [2.75, 3.05) is 19.8 Å². The van der Waals surface area contributed by atoms with Crippen molar-refractivity contribution in [1.29, 1.82) is 0 Å². The molecule has 5 heteroatoms. The van der Waals surface area contributed by atoms with Gasteiger partial charge in [-0.15, -0.1) is 0 Å². The van der Waals surface area contributed by atoms with Crippen molar-refractivity contribution in [3.63, 3.8) is 0 Å². The number of nitrogens with one attached hydrogen (secondary N) is 1. The molecule has 11 heavy (non-hydrogen) atoms. The monoisotopic (exact) mass is 155 g/mol. The number of hydrogen-bond acceptors (Lipinski definition) is 5. The zero-order valence-electron chi connectivity index (χ0n) is 5.99. The van der Waals surface area contributed by atoms with E-state index >= 15 is 0 Å². The van der Waals surface area contributed by atoms with Gasteiger partial charge in [0.1, 0.15) is 6.04 Å². The summed E-state index contributed by atoms with van der Waals surface area (Å²) in [7, 11) is 0. The molecule has 1 aliphatic heterocycles. The highest BCUT2D eigenvalue weighted by atomic mass is 16.5. The highest BCUT2D eigenvalue weighted by molar-refractivity contribution is 4.88. The van der Waals surface area contributed by atoms with Crippen LogP contribution in [0.25, 0.3) is 0 Å². The third-order valence-electron chi connectivity index (χ3n) is 1.60. The summed E-state index contributed by atoms with van der Waals surface area (Å²) in [5.41, 5.74) is 0. The molecule has 0 amide bonds. The predicted molar refractivity (Wildman–Crippen MR) is 35.9 cm³/mol. The predicted octanol–water partition coefficient (Wildman–Crippen LogP) is -0.270. The molecule has 0 spiro atoms. The van der Waals surface area contributed by atoms with Gasteiger partial charge < -0.3 is 14.6 Å². The Morgan fingerprint density at radius 1 is 1.64 bits per heavy atom. The van der Waals surface area contributed by atoms with Crippen LogP contribution >= 0.6 is 0 Å². The summed E-state index contributed by atoms with van der Waals surface area (Å²) in [6, 6.07) is 0.0752. The number of rotatable bonds is 1. The largest absolute Gasteiger partial charge is 0.378 e. The highest BCUT2D eigenvalue weighted by Gasteiger charge is 2.19. The van der Waals surface area contributed by atoms with Gasteiger partial charge in [0.2, 0.25) is 5.89 Å². The van der Waals surface area contributed by atoms with Crippen LogP contribution in [0.2, 0.25) is 0 Å². The van der Waals surface area contributed by atoms with Crippen LogP contribution in [0.5, 0.6) is 0 Å². The van der Waals surface area contributed by atoms with Crippen LogP contribution in [-0.2, 0) is 4.74 Å². The second-order valence-electron chi connectivity index (χ2n) is 2.36. The van der Waals surface area contributed by atoms with E-state index in [4.69, 9.17) is 9.26 Å². The van der Waals surface area contributed by atoms with E-state index in [1.807, 2.05) is 0 Å². The molecule has 1 aromatic rings. The second kappa shape index (κ2) is 2.98. The van der Waals surface area contributed by atoms with Gasteiger partial charge in [-0.1, -0.05) is 5.16 Å². The Hall–Kier alpha value is -0.940. The summed E-state index contributed by atoms with van der Waals surface area (Å²) in [5, 5.41) is 6.72. The van der Waals surface area contributed by atoms with Crippen LogP contribution in [0.4, 0.5) is 0 Å². The maximum Gasteiger partial charge on any atom is 0.245 e. The summed E-state index contributed by atoms with van der Waals surface area (Å²) < 4.78 is 10.1. The first-order chi connectivity index (χ1) is 5.47. The van der Waals surface area contributed by atoms with Crippen LogP contribution in [-0.4, -0.2) is 29.9 Å². The van der Waals surface area contributed by atoms with Crippen LogP contribution in [0.15, 0.2) is 10.9 Å². The SMILES string of the molecule is c1noc([C@H]2COCCN2)n1. The fourth-order valence-electron chi connectivity index (χ4n) is 1.06. The smallest absolute Gasteiger partial charge is 0.245 e. The van der Waals surface area contributed by atoms with Gasteiger partial charge in [-0.25, -0.2) is 0 Å². The van der Waals surface area contributed by atoms with Gasteiger partial charge in [-0.05, 0) is 0 Å². The number of nitrogens with zero attached hydrogens (tertiary/aromatic N) is 2. The van der Waals surface area contributed by atoms with E-state index in [0.717, 1.165) is 13.2 Å². The first kappa shape index (κ1) is 6.75. The van der Waals surface area contributed by atoms with Crippen molar-refractivity contribution >= 4 is 0 Å². The van der Waals surface area contributed by atoms with E-state index in [9.17, 15) is 0 Å². The molecule has 2 rings (SSSR count). The molecule has 1 aromatic heterocycles. The van der Waals surface area contributed by atoms with E-state index in [1.54, 1.807) is 0 Å². The van der Waals surface area contributed by atoms with E-state index in [2.05, 4.69) is 15.5 Å². The molecule has 1 atom stereocenters. The highest BCUT2D eigenvalue weighted by Crippen LogP contribution is 2.10. The van der Waals surface area contributed by atoms with Gasteiger partial charge in [-0.2, -0.15) is 4.98 Å². The lowest BCUT2D eigenvalue weighted by atomic mass is 10.3. The fraction of sp³-hybridized carbons (Fsp3) is 0.667. The second-order valence-corrected chi connectivity index (χ2v) is 2.36. The van der Waals surface area contributed by atoms with Crippen molar-refractivity contribution in [2.45, 2.75) is 6.04 Å². The van der Waals surface area contributed by atoms with Gasteiger partial charge in [0, 0.05) is 6.54 Å². The van der Waals surface area contributed by atoms with Crippen LogP contribution in [0, 0.1) is 0 Å². The van der Waals surface area contributed by atoms with Gasteiger partial charge in [0.05, 0.1) is 13.2 Å². The molecule has 0 aliphatic carbocycles. The van der Waals surface area contributed by atoms with Crippen molar-refractivity contribution in [3.8, 4) is 0 Å². The average Bonchev–Trinajstić information content (AvgIpc) is 2.58. The number of aromatic nitrogens is 2. The summed E-state index contributed by atoms with van der Waals surface area (Å²) in [5.74, 6) is 0.602. The van der Waals surface area contributed by atoms with E-state index in [0.29, 0.717) is 12.5 Å². The fourth-order valence-corrected chi connectivity index (χ4v) is 1.06. The molecule has 1 aliphatic rings. The maximum absolute atomic E-state index is 5.22. The van der Waals surface area contributed by atoms with Crippen molar-refractivity contribution in [3.05, 3.63) is 12.2 Å². The zero-order chi connectivity index (χ0) is 7.52. The van der Waals surface area contributed by atoms with Gasteiger partial charge in [0.25, 0.3) is 0 Å². The Morgan fingerprint density at radius 3 is 3.27 bits per heavy atom. The molecular weight excluding hydrogens is 146 g/mol. The summed E-state index contributed by atoms with van der Waals surface area (Å²) in [6.07, 6.45) is 1.39. The maximum atomic E-state index is 5.22. The van der Waals surface area contributed by atoms with Crippen LogP contribution < -0.4 is 5.32 Å². The molecule has 2 heterocycles. The van der Waals surface area contributed by atoms with Gasteiger partial charge in [-0.3, -0.25) is 0 Å². The Morgan fingerprint density at radius 2 is 2.64 bits per heavy atom. The van der Waals surface area contributed by atoms with E-state index in [-0.39, 0.29) is 6.04 Å². The summed E-state index contributed by atoms with van der Waals surface area (Å²) >= 11 is 0. The number of ether oxygens (including phenoxy) is 1. The first-order valence-electron chi connectivity index (χ1n) is 3.54. The normalized spacial score (nSPS) is 25.3. The molecular formula is C6H9N3O2. The zero-order valence-corrected chi connectivity index (χ0v) is 5.99. The Kier molecular flexibility index (Phi) is 1.83. The molecule has 1 saturated heterocycles. The molecule has 0 radical (unpaired) electrons. The van der Waals surface area contributed by atoms with Crippen LogP contribution in [0.1, 0.15) is 11.9 Å². The minimum atomic E-state index is 0.0752. The Labute approximate surface area is 63.7 Å². The third-order valence-corrected chi connectivity index (χ3v) is 1.60. The van der Waals surface area contributed by atoms with E-state index < -0.39 is 0 Å². The molecule has 1 N–H and O–H groups in total. The topological polar surface area (TPSA) is 60.2 Å². The van der Waals surface area contributed by atoms with Gasteiger partial charge >= 0.3 is 0 Å². The lowest BCUT2D eigenvalue weighted by Crippen LogP contribution is -2.34. The van der Waals surface area contributed by atoms with Crippen molar-refractivity contribution < 1.29 is 9.26 Å². The summed E-state index contributed by atoms with van der Waals surface area (Å²) in [6.45, 7) is 2.21. The minimum Gasteiger partial charge on any atom is -0.378 e. The lowest BCUT2D eigenvalue weighted by molar-refractivity contribution is 0.0659. The van der Waals surface area contributed by atoms with Crippen molar-refractivity contribution in [1.82, 2.24) is 15.5 Å². The van der Waals surface area contributed by atoms with Crippen LogP contribution in [0.3, 0.4) is 0 Å². The molecule has 60 valence electrons. The molecule has 0 saturated carbocycles. The molecule has 5 nitrogen and oxygen atoms in total. The molecule has 0 aromatic carbocycles. The number of hydrogen-bond donors (Lipinski definition) is 1. The number of morpholine rings is 1. The summed E-state index contributed by atoms with van der Waals surface area (Å²) in [4.78, 5) is 3.92. The lowest BCUT2D eigenvalue weighted by Gasteiger charge is -2.19. The first-order valence-corrected chi connectivity index (χ1v) is 3.54. The standard InChI is InChI=1S/C6H9N3O2/c1-2-10-3-5(7-1)6-8-4-9-11-6/h4-5,7H,1-3H2/t5-/m1/s1. The quantitative estimate of drug-likeness (QED) is 0.605. The average molecular weight is 155 g/mol. The molecule has 0 unspecified atom stereocenters. The Balaban J connectivity index is 2.04. The molecule has 1 fully saturated rings.